The van der Waals surface area contributed by atoms with E-state index in [4.69, 9.17) is 0 Å². The van der Waals surface area contributed by atoms with Crippen molar-refractivity contribution in [2.24, 2.45) is 4.99 Å². The Labute approximate surface area is 150 Å². The van der Waals surface area contributed by atoms with E-state index in [1.807, 2.05) is 0 Å². The molecule has 0 spiro atoms. The first-order valence-electron chi connectivity index (χ1n) is 7.48. The second kappa shape index (κ2) is 12.2. The minimum Gasteiger partial charge on any atom is -0.357 e. The molecule has 0 aliphatic heterocycles. The third kappa shape index (κ3) is 8.01. The molecule has 1 heterocycles. The van der Waals surface area contributed by atoms with Crippen molar-refractivity contribution in [3.8, 4) is 0 Å². The van der Waals surface area contributed by atoms with Gasteiger partial charge in [0.05, 0.1) is 6.54 Å². The summed E-state index contributed by atoms with van der Waals surface area (Å²) in [4.78, 5) is 7.06. The molecule has 0 fully saturated rings. The number of aliphatic imine (C=N–C) groups is 1. The van der Waals surface area contributed by atoms with Gasteiger partial charge in [0.25, 0.3) is 0 Å². The molecule has 1 aromatic heterocycles. The molecule has 0 saturated heterocycles. The molecule has 122 valence electrons. The number of halogens is 1. The average molecular weight is 424 g/mol. The van der Waals surface area contributed by atoms with E-state index in [0.717, 1.165) is 38.7 Å². The summed E-state index contributed by atoms with van der Waals surface area (Å²) in [6, 6.07) is 2.63. The van der Waals surface area contributed by atoms with Gasteiger partial charge in [-0.15, -0.1) is 24.0 Å². The molecule has 1 rings (SSSR count). The number of guanidine groups is 1. The van der Waals surface area contributed by atoms with E-state index in [9.17, 15) is 0 Å². The Kier molecular flexibility index (Phi) is 12.0. The highest BCUT2D eigenvalue weighted by Crippen LogP contribution is 2.06. The zero-order valence-corrected chi connectivity index (χ0v) is 16.7. The summed E-state index contributed by atoms with van der Waals surface area (Å²) in [5.74, 6) is 0.901. The lowest BCUT2D eigenvalue weighted by atomic mass is 10.3. The van der Waals surface area contributed by atoms with Gasteiger partial charge in [-0.05, 0) is 49.3 Å². The van der Waals surface area contributed by atoms with Crippen LogP contribution in [0.5, 0.6) is 0 Å². The molecule has 1 unspecified atom stereocenters. The molecule has 0 aromatic carbocycles. The van der Waals surface area contributed by atoms with Crippen LogP contribution in [0.25, 0.3) is 0 Å². The number of nitrogens with zero attached hydrogens (tertiary/aromatic N) is 2. The number of rotatable bonds is 8. The van der Waals surface area contributed by atoms with Crippen LogP contribution in [0.4, 0.5) is 0 Å². The first-order valence-corrected chi connectivity index (χ1v) is 8.42. The van der Waals surface area contributed by atoms with E-state index in [2.05, 4.69) is 65.0 Å². The highest BCUT2D eigenvalue weighted by Gasteiger charge is 2.10. The Balaban J connectivity index is 0.00000400. The summed E-state index contributed by atoms with van der Waals surface area (Å²) < 4.78 is 0. The Morgan fingerprint density at radius 2 is 2.00 bits per heavy atom. The van der Waals surface area contributed by atoms with Gasteiger partial charge in [0.1, 0.15) is 0 Å². The summed E-state index contributed by atoms with van der Waals surface area (Å²) >= 11 is 1.72. The van der Waals surface area contributed by atoms with Gasteiger partial charge < -0.3 is 10.6 Å². The van der Waals surface area contributed by atoms with E-state index in [1.165, 1.54) is 5.56 Å². The fraction of sp³-hybridized carbons (Fsp3) is 0.667. The quantitative estimate of drug-likeness (QED) is 0.383. The lowest BCUT2D eigenvalue weighted by Crippen LogP contribution is -2.45. The van der Waals surface area contributed by atoms with Crippen LogP contribution in [0.3, 0.4) is 0 Å². The molecule has 2 N–H and O–H groups in total. The van der Waals surface area contributed by atoms with Crippen molar-refractivity contribution in [1.29, 1.82) is 0 Å². The lowest BCUT2D eigenvalue weighted by molar-refractivity contribution is 0.231. The van der Waals surface area contributed by atoms with Crippen LogP contribution in [-0.2, 0) is 6.54 Å². The molecule has 4 nitrogen and oxygen atoms in total. The monoisotopic (exact) mass is 424 g/mol. The number of hydrogen-bond donors (Lipinski definition) is 2. The highest BCUT2D eigenvalue weighted by atomic mass is 127. The molecule has 1 aromatic rings. The number of nitrogens with one attached hydrogen (secondary N) is 2. The zero-order valence-electron chi connectivity index (χ0n) is 13.6. The van der Waals surface area contributed by atoms with Gasteiger partial charge in [-0.25, -0.2) is 4.99 Å². The molecule has 6 heteroatoms. The third-order valence-corrected chi connectivity index (χ3v) is 4.08. The van der Waals surface area contributed by atoms with Gasteiger partial charge in [-0.3, -0.25) is 4.90 Å². The lowest BCUT2D eigenvalue weighted by Gasteiger charge is -2.27. The Morgan fingerprint density at radius 3 is 2.52 bits per heavy atom. The topological polar surface area (TPSA) is 39.7 Å². The van der Waals surface area contributed by atoms with Crippen LogP contribution in [0.15, 0.2) is 21.8 Å². The Morgan fingerprint density at radius 1 is 1.29 bits per heavy atom. The molecule has 0 aliphatic carbocycles. The maximum absolute atomic E-state index is 4.62. The SMILES string of the molecule is CCNC(=NCc1ccsc1)NCC(C)N(CC)CC.I. The van der Waals surface area contributed by atoms with Crippen LogP contribution < -0.4 is 10.6 Å². The van der Waals surface area contributed by atoms with E-state index in [1.54, 1.807) is 11.3 Å². The van der Waals surface area contributed by atoms with Crippen LogP contribution in [-0.4, -0.2) is 43.1 Å². The number of hydrogen-bond acceptors (Lipinski definition) is 3. The molecular weight excluding hydrogens is 395 g/mol. The molecule has 0 radical (unpaired) electrons. The van der Waals surface area contributed by atoms with Gasteiger partial charge in [0.15, 0.2) is 5.96 Å². The maximum Gasteiger partial charge on any atom is 0.191 e. The second-order valence-corrected chi connectivity index (χ2v) is 5.56. The summed E-state index contributed by atoms with van der Waals surface area (Å²) in [5, 5.41) is 11.0. The van der Waals surface area contributed by atoms with Crippen LogP contribution in [0.2, 0.25) is 0 Å². The highest BCUT2D eigenvalue weighted by molar-refractivity contribution is 14.0. The van der Waals surface area contributed by atoms with Crippen LogP contribution in [0, 0.1) is 0 Å². The molecule has 0 bridgehead atoms. The van der Waals surface area contributed by atoms with Gasteiger partial charge in [0, 0.05) is 19.1 Å². The van der Waals surface area contributed by atoms with Gasteiger partial charge in [-0.2, -0.15) is 11.3 Å². The molecule has 0 aliphatic rings. The maximum atomic E-state index is 4.62. The van der Waals surface area contributed by atoms with Crippen molar-refractivity contribution in [2.75, 3.05) is 26.2 Å². The zero-order chi connectivity index (χ0) is 14.8. The minimum absolute atomic E-state index is 0. The molecule has 1 atom stereocenters. The molecular formula is C15H29IN4S. The summed E-state index contributed by atoms with van der Waals surface area (Å²) in [6.07, 6.45) is 0. The standard InChI is InChI=1S/C15H28N4S.HI/c1-5-16-15(18-11-14-8-9-20-12-14)17-10-13(4)19(6-2)7-3;/h8-9,12-13H,5-7,10-11H2,1-4H3,(H2,16,17,18);1H. The number of likely N-dealkylation sites (N-methyl/N-ethyl adjacent to an activating group) is 1. The average Bonchev–Trinajstić information content (AvgIpc) is 2.96. The number of thiophene rings is 1. The van der Waals surface area contributed by atoms with Crippen LogP contribution in [0.1, 0.15) is 33.3 Å². The summed E-state index contributed by atoms with van der Waals surface area (Å²) in [5.41, 5.74) is 1.27. The second-order valence-electron chi connectivity index (χ2n) is 4.78. The van der Waals surface area contributed by atoms with Crippen molar-refractivity contribution in [2.45, 2.75) is 40.3 Å². The van der Waals surface area contributed by atoms with Crippen molar-refractivity contribution >= 4 is 41.3 Å². The Bertz CT molecular complexity index is 377. The van der Waals surface area contributed by atoms with E-state index >= 15 is 0 Å². The van der Waals surface area contributed by atoms with E-state index < -0.39 is 0 Å². The van der Waals surface area contributed by atoms with E-state index in [0.29, 0.717) is 6.04 Å². The summed E-state index contributed by atoms with van der Waals surface area (Å²) in [7, 11) is 0. The first-order chi connectivity index (χ1) is 9.71. The van der Waals surface area contributed by atoms with Crippen molar-refractivity contribution in [3.05, 3.63) is 22.4 Å². The third-order valence-electron chi connectivity index (χ3n) is 3.34. The van der Waals surface area contributed by atoms with Gasteiger partial charge in [-0.1, -0.05) is 13.8 Å². The predicted molar refractivity (Wildman–Crippen MR) is 105 cm³/mol. The molecule has 0 amide bonds. The van der Waals surface area contributed by atoms with E-state index in [-0.39, 0.29) is 24.0 Å². The molecule has 0 saturated carbocycles. The normalized spacial score (nSPS) is 12.9. The molecule has 21 heavy (non-hydrogen) atoms. The van der Waals surface area contributed by atoms with Crippen molar-refractivity contribution in [3.63, 3.8) is 0 Å². The van der Waals surface area contributed by atoms with Crippen molar-refractivity contribution in [1.82, 2.24) is 15.5 Å². The Hall–Kier alpha value is -0.340. The van der Waals surface area contributed by atoms with Crippen LogP contribution >= 0.6 is 35.3 Å². The van der Waals surface area contributed by atoms with Gasteiger partial charge >= 0.3 is 0 Å². The largest absolute Gasteiger partial charge is 0.357 e. The predicted octanol–water partition coefficient (Wildman–Crippen LogP) is 3.15. The minimum atomic E-state index is 0. The van der Waals surface area contributed by atoms with Crippen molar-refractivity contribution < 1.29 is 0 Å². The fourth-order valence-electron chi connectivity index (χ4n) is 2.12. The smallest absolute Gasteiger partial charge is 0.191 e. The fourth-order valence-corrected chi connectivity index (χ4v) is 2.77. The first kappa shape index (κ1) is 20.7. The van der Waals surface area contributed by atoms with Gasteiger partial charge in [0.2, 0.25) is 0 Å². The summed E-state index contributed by atoms with van der Waals surface area (Å²) in [6.45, 7) is 13.5.